The number of guanidine groups is 1. The maximum absolute atomic E-state index is 13.2. The van der Waals surface area contributed by atoms with E-state index >= 15 is 0 Å². The van der Waals surface area contributed by atoms with Crippen LogP contribution in [0.5, 0.6) is 0 Å². The molecule has 0 radical (unpaired) electrons. The molecule has 10 amide bonds. The molecule has 28 nitrogen and oxygen atoms in total. The van der Waals surface area contributed by atoms with Crippen molar-refractivity contribution in [3.8, 4) is 0 Å². The zero-order valence-corrected chi connectivity index (χ0v) is 32.6. The molecule has 0 aromatic heterocycles. The number of primary amides is 2. The zero-order chi connectivity index (χ0) is 45.7. The molecule has 0 saturated carbocycles. The summed E-state index contributed by atoms with van der Waals surface area (Å²) in [6.45, 7) is -1.52. The highest BCUT2D eigenvalue weighted by molar-refractivity contribution is 5.98. The number of nitrogens with one attached hydrogen (secondary N) is 9. The number of carboxylic acids is 1. The van der Waals surface area contributed by atoms with Crippen LogP contribution in [-0.2, 0) is 52.7 Å². The van der Waals surface area contributed by atoms with E-state index in [0.717, 1.165) is 6.92 Å². The number of aliphatic hydroxyl groups excluding tert-OH is 2. The van der Waals surface area contributed by atoms with Crippen molar-refractivity contribution in [2.24, 2.45) is 22.9 Å². The van der Waals surface area contributed by atoms with Gasteiger partial charge in [-0.1, -0.05) is 0 Å². The molecular weight excluding hydrogens is 804 g/mol. The number of aliphatic carboxylic acids is 1. The minimum absolute atomic E-state index is 0.0170. The summed E-state index contributed by atoms with van der Waals surface area (Å²) in [5.41, 5.74) is 20.9. The number of nitrogens with two attached hydrogens (primary N) is 4. The van der Waals surface area contributed by atoms with Crippen LogP contribution in [0.4, 0.5) is 0 Å². The van der Waals surface area contributed by atoms with Gasteiger partial charge < -0.3 is 85.7 Å². The standard InChI is InChI=1S/C32H54N14O14/c1-14(48)25(45-28(56)18(13-47)42-23(52)11-39-29(57)19-5-3-7-46(19)24(53)10-33)30(58)40-12-22(51)41-16(8-20(34)49)27(55)43-15(4-2-6-38-32(36)37)26(54)44-17(31(59)60)9-21(35)50/h14-19,25,47-48H,2-13,33H2,1H3,(H2,34,49)(H2,35,50)(H,39,57)(H,40,58)(H,41,51)(H,42,52)(H,43,55)(H,44,54)(H,45,56)(H,59,60)(H4,36,37,38)/t14-,15+,16+,17+,18+,19+,25+/m1/s1. The summed E-state index contributed by atoms with van der Waals surface area (Å²) in [5, 5.41) is 54.1. The first kappa shape index (κ1) is 51.3. The topological polar surface area (TPSA) is 476 Å². The summed E-state index contributed by atoms with van der Waals surface area (Å²) in [5.74, 6) is -12.0. The molecule has 0 aromatic carbocycles. The number of rotatable bonds is 26. The van der Waals surface area contributed by atoms with Crippen molar-refractivity contribution >= 4 is 71.0 Å². The number of amides is 10. The SMILES string of the molecule is C[C@@H](O)[C@H](NC(=O)[C@H](CO)NC(=O)CNC(=O)[C@@H]1CCCN1C(=O)CN)C(=O)NCC(=O)N[C@@H](CC(N)=O)C(=O)N[C@@H](CCCNC(=N)N)C(=O)N[C@@H](CC(N)=O)C(=O)O. The van der Waals surface area contributed by atoms with Crippen LogP contribution in [0.25, 0.3) is 0 Å². The number of hydrogen-bond donors (Lipinski definition) is 16. The van der Waals surface area contributed by atoms with Crippen molar-refractivity contribution < 1.29 is 68.1 Å². The number of carboxylic acid groups (broad SMARTS) is 1. The van der Waals surface area contributed by atoms with Crippen LogP contribution in [0.3, 0.4) is 0 Å². The van der Waals surface area contributed by atoms with Gasteiger partial charge in [0.05, 0.1) is 45.2 Å². The summed E-state index contributed by atoms with van der Waals surface area (Å²) < 4.78 is 0. The molecule has 0 aromatic rings. The van der Waals surface area contributed by atoms with Gasteiger partial charge in [0, 0.05) is 13.1 Å². The van der Waals surface area contributed by atoms with Crippen molar-refractivity contribution in [2.75, 3.05) is 39.3 Å². The number of carbonyl (C=O) groups excluding carboxylic acids is 10. The average Bonchev–Trinajstić information content (AvgIpc) is 3.67. The van der Waals surface area contributed by atoms with Crippen molar-refractivity contribution in [1.29, 1.82) is 5.41 Å². The lowest BCUT2D eigenvalue weighted by Gasteiger charge is -2.25. The molecule has 0 bridgehead atoms. The fourth-order valence-electron chi connectivity index (χ4n) is 5.52. The Hall–Kier alpha value is -6.68. The smallest absolute Gasteiger partial charge is 0.326 e. The van der Waals surface area contributed by atoms with Crippen LogP contribution in [-0.4, -0.2) is 173 Å². The molecule has 60 heavy (non-hydrogen) atoms. The molecule has 1 fully saturated rings. The van der Waals surface area contributed by atoms with Crippen LogP contribution in [0.15, 0.2) is 0 Å². The van der Waals surface area contributed by atoms with Crippen molar-refractivity contribution in [1.82, 2.24) is 47.4 Å². The van der Waals surface area contributed by atoms with E-state index < -0.39 is 146 Å². The minimum atomic E-state index is -1.80. The Morgan fingerprint density at radius 1 is 0.733 bits per heavy atom. The lowest BCUT2D eigenvalue weighted by Crippen LogP contribution is -2.60. The molecule has 1 saturated heterocycles. The van der Waals surface area contributed by atoms with Gasteiger partial charge in [-0.2, -0.15) is 0 Å². The lowest BCUT2D eigenvalue weighted by molar-refractivity contribution is -0.144. The van der Waals surface area contributed by atoms with E-state index in [9.17, 15) is 68.1 Å². The molecule has 0 unspecified atom stereocenters. The van der Waals surface area contributed by atoms with Crippen molar-refractivity contribution in [2.45, 2.75) is 87.8 Å². The highest BCUT2D eigenvalue weighted by Crippen LogP contribution is 2.17. The number of likely N-dealkylation sites (tertiary alicyclic amines) is 1. The van der Waals surface area contributed by atoms with Crippen LogP contribution in [0.1, 0.15) is 45.4 Å². The normalized spacial score (nSPS) is 16.2. The number of carbonyl (C=O) groups is 11. The maximum atomic E-state index is 13.2. The first-order chi connectivity index (χ1) is 28.1. The average molecular weight is 859 g/mol. The second-order valence-electron chi connectivity index (χ2n) is 13.3. The molecule has 7 atom stereocenters. The molecule has 0 aliphatic carbocycles. The van der Waals surface area contributed by atoms with Gasteiger partial charge in [0.1, 0.15) is 36.3 Å². The number of hydrogen-bond acceptors (Lipinski definition) is 15. The molecule has 20 N–H and O–H groups in total. The van der Waals surface area contributed by atoms with Gasteiger partial charge in [-0.15, -0.1) is 0 Å². The Bertz CT molecular complexity index is 1630. The molecule has 1 rings (SSSR count). The molecule has 1 aliphatic rings. The summed E-state index contributed by atoms with van der Waals surface area (Å²) in [4.78, 5) is 138. The Kier molecular flexibility index (Phi) is 21.9. The molecule has 336 valence electrons. The zero-order valence-electron chi connectivity index (χ0n) is 32.6. The molecule has 1 heterocycles. The second-order valence-corrected chi connectivity index (χ2v) is 13.3. The summed E-state index contributed by atoms with van der Waals surface area (Å²) >= 11 is 0. The lowest BCUT2D eigenvalue weighted by atomic mass is 10.1. The molecule has 1 aliphatic heterocycles. The first-order valence-electron chi connectivity index (χ1n) is 18.3. The second kappa shape index (κ2) is 25.6. The van der Waals surface area contributed by atoms with Crippen molar-refractivity contribution in [3.63, 3.8) is 0 Å². The number of nitrogens with zero attached hydrogens (tertiary/aromatic N) is 1. The van der Waals surface area contributed by atoms with Crippen LogP contribution in [0.2, 0.25) is 0 Å². The predicted octanol–water partition coefficient (Wildman–Crippen LogP) is -9.94. The maximum Gasteiger partial charge on any atom is 0.326 e. The molecule has 0 spiro atoms. The third kappa shape index (κ3) is 18.3. The van der Waals surface area contributed by atoms with Gasteiger partial charge in [-0.05, 0) is 32.6 Å². The van der Waals surface area contributed by atoms with Gasteiger partial charge in [0.25, 0.3) is 0 Å². The van der Waals surface area contributed by atoms with Crippen LogP contribution < -0.4 is 65.5 Å². The highest BCUT2D eigenvalue weighted by Gasteiger charge is 2.35. The van der Waals surface area contributed by atoms with Crippen molar-refractivity contribution in [3.05, 3.63) is 0 Å². The van der Waals surface area contributed by atoms with E-state index in [1.807, 2.05) is 0 Å². The van der Waals surface area contributed by atoms with Gasteiger partial charge in [0.2, 0.25) is 59.1 Å². The Morgan fingerprint density at radius 2 is 1.27 bits per heavy atom. The monoisotopic (exact) mass is 858 g/mol. The van der Waals surface area contributed by atoms with Gasteiger partial charge in [-0.25, -0.2) is 4.79 Å². The van der Waals surface area contributed by atoms with E-state index in [1.54, 1.807) is 0 Å². The molecular formula is C32H54N14O14. The first-order valence-corrected chi connectivity index (χ1v) is 18.3. The molecule has 28 heteroatoms. The van der Waals surface area contributed by atoms with E-state index in [1.165, 1.54) is 4.90 Å². The third-order valence-electron chi connectivity index (χ3n) is 8.49. The van der Waals surface area contributed by atoms with E-state index in [0.29, 0.717) is 19.4 Å². The summed E-state index contributed by atoms with van der Waals surface area (Å²) in [6.07, 6.45) is -2.60. The van der Waals surface area contributed by atoms with Crippen LogP contribution in [0, 0.1) is 5.41 Å². The quantitative estimate of drug-likeness (QED) is 0.0218. The Labute approximate surface area is 341 Å². The van der Waals surface area contributed by atoms with Gasteiger partial charge in [-0.3, -0.25) is 53.4 Å². The Morgan fingerprint density at radius 3 is 1.80 bits per heavy atom. The fraction of sp³-hybridized carbons (Fsp3) is 0.625. The summed E-state index contributed by atoms with van der Waals surface area (Å²) in [6, 6.07) is -9.47. The largest absolute Gasteiger partial charge is 0.480 e. The van der Waals surface area contributed by atoms with Crippen LogP contribution >= 0.6 is 0 Å². The fourth-order valence-corrected chi connectivity index (χ4v) is 5.52. The van der Waals surface area contributed by atoms with Gasteiger partial charge in [0.15, 0.2) is 5.96 Å². The van der Waals surface area contributed by atoms with Gasteiger partial charge >= 0.3 is 5.97 Å². The van der Waals surface area contributed by atoms with E-state index in [-0.39, 0.29) is 25.9 Å². The number of aliphatic hydroxyl groups is 2. The minimum Gasteiger partial charge on any atom is -0.480 e. The Balaban J connectivity index is 2.93. The summed E-state index contributed by atoms with van der Waals surface area (Å²) in [7, 11) is 0. The van der Waals surface area contributed by atoms with E-state index in [4.69, 9.17) is 28.3 Å². The van der Waals surface area contributed by atoms with E-state index in [2.05, 4.69) is 42.5 Å². The third-order valence-corrected chi connectivity index (χ3v) is 8.49. The predicted molar refractivity (Wildman–Crippen MR) is 203 cm³/mol. The highest BCUT2D eigenvalue weighted by atomic mass is 16.4.